The van der Waals surface area contributed by atoms with Gasteiger partial charge in [0.2, 0.25) is 0 Å². The van der Waals surface area contributed by atoms with E-state index < -0.39 is 0 Å². The lowest BCUT2D eigenvalue weighted by Gasteiger charge is -2.02. The molecular formula is C11H13N3O2. The Hall–Kier alpha value is -2.04. The monoisotopic (exact) mass is 219 g/mol. The average molecular weight is 219 g/mol. The molecule has 5 heteroatoms. The van der Waals surface area contributed by atoms with Crippen LogP contribution in [0.25, 0.3) is 0 Å². The van der Waals surface area contributed by atoms with E-state index in [1.165, 1.54) is 6.26 Å². The van der Waals surface area contributed by atoms with Gasteiger partial charge in [0.25, 0.3) is 5.91 Å². The second-order valence-electron chi connectivity index (χ2n) is 3.43. The van der Waals surface area contributed by atoms with Crippen molar-refractivity contribution in [1.29, 1.82) is 0 Å². The number of carbonyl (C=O) groups is 1. The van der Waals surface area contributed by atoms with Crippen LogP contribution < -0.4 is 5.32 Å². The van der Waals surface area contributed by atoms with Crippen LogP contribution in [0.5, 0.6) is 0 Å². The molecule has 0 aromatic carbocycles. The van der Waals surface area contributed by atoms with E-state index in [0.29, 0.717) is 24.3 Å². The van der Waals surface area contributed by atoms with Crippen molar-refractivity contribution < 1.29 is 9.21 Å². The lowest BCUT2D eigenvalue weighted by atomic mass is 10.2. The number of aromatic nitrogens is 2. The van der Waals surface area contributed by atoms with E-state index in [-0.39, 0.29) is 5.91 Å². The first-order chi connectivity index (χ1) is 7.77. The molecule has 2 aromatic heterocycles. The molecule has 0 saturated carbocycles. The molecule has 0 aliphatic heterocycles. The fraction of sp³-hybridized carbons (Fsp3) is 0.273. The maximum Gasteiger partial charge on any atom is 0.254 e. The highest BCUT2D eigenvalue weighted by Gasteiger charge is 2.10. The second-order valence-corrected chi connectivity index (χ2v) is 3.43. The fourth-order valence-corrected chi connectivity index (χ4v) is 1.44. The van der Waals surface area contributed by atoms with Crippen LogP contribution in [0, 0.1) is 6.92 Å². The summed E-state index contributed by atoms with van der Waals surface area (Å²) >= 11 is 0. The minimum absolute atomic E-state index is 0.113. The molecule has 5 nitrogen and oxygen atoms in total. The molecule has 0 aliphatic carbocycles. The van der Waals surface area contributed by atoms with Gasteiger partial charge in [-0.2, -0.15) is 0 Å². The number of nitrogens with zero attached hydrogens (tertiary/aromatic N) is 1. The zero-order chi connectivity index (χ0) is 11.4. The lowest BCUT2D eigenvalue weighted by molar-refractivity contribution is 0.0952. The molecule has 0 bridgehead atoms. The SMILES string of the molecule is Cc1occc1C(=O)NCCc1ncc[nH]1. The Morgan fingerprint density at radius 3 is 3.12 bits per heavy atom. The predicted molar refractivity (Wildman–Crippen MR) is 58.1 cm³/mol. The van der Waals surface area contributed by atoms with Crippen LogP contribution in [-0.4, -0.2) is 22.4 Å². The number of nitrogens with one attached hydrogen (secondary N) is 2. The van der Waals surface area contributed by atoms with Crippen LogP contribution in [0.2, 0.25) is 0 Å². The minimum Gasteiger partial charge on any atom is -0.469 e. The van der Waals surface area contributed by atoms with Gasteiger partial charge in [-0.25, -0.2) is 4.98 Å². The van der Waals surface area contributed by atoms with Gasteiger partial charge in [-0.1, -0.05) is 0 Å². The molecule has 84 valence electrons. The molecule has 1 amide bonds. The molecule has 2 rings (SSSR count). The van der Waals surface area contributed by atoms with Crippen LogP contribution >= 0.6 is 0 Å². The predicted octanol–water partition coefficient (Wildman–Crippen LogP) is 1.28. The molecule has 0 fully saturated rings. The maximum atomic E-state index is 11.7. The largest absolute Gasteiger partial charge is 0.469 e. The molecule has 2 aromatic rings. The van der Waals surface area contributed by atoms with E-state index in [1.54, 1.807) is 25.4 Å². The van der Waals surface area contributed by atoms with Crippen molar-refractivity contribution in [2.75, 3.05) is 6.54 Å². The summed E-state index contributed by atoms with van der Waals surface area (Å²) < 4.78 is 5.06. The summed E-state index contributed by atoms with van der Waals surface area (Å²) in [5, 5.41) is 2.81. The normalized spacial score (nSPS) is 10.3. The van der Waals surface area contributed by atoms with Crippen LogP contribution in [0.15, 0.2) is 29.1 Å². The van der Waals surface area contributed by atoms with E-state index in [9.17, 15) is 4.79 Å². The number of H-pyrrole nitrogens is 1. The first-order valence-electron chi connectivity index (χ1n) is 5.08. The molecule has 0 radical (unpaired) electrons. The fourth-order valence-electron chi connectivity index (χ4n) is 1.44. The Morgan fingerprint density at radius 2 is 2.50 bits per heavy atom. The highest BCUT2D eigenvalue weighted by molar-refractivity contribution is 5.94. The standard InChI is InChI=1S/C11H13N3O2/c1-8-9(3-7-16-8)11(15)14-4-2-10-12-5-6-13-10/h3,5-7H,2,4H2,1H3,(H,12,13)(H,14,15). The van der Waals surface area contributed by atoms with Crippen molar-refractivity contribution in [2.24, 2.45) is 0 Å². The summed E-state index contributed by atoms with van der Waals surface area (Å²) in [6, 6.07) is 1.66. The van der Waals surface area contributed by atoms with Crippen molar-refractivity contribution in [1.82, 2.24) is 15.3 Å². The van der Waals surface area contributed by atoms with Gasteiger partial charge in [0.15, 0.2) is 0 Å². The second kappa shape index (κ2) is 4.65. The Balaban J connectivity index is 1.83. The van der Waals surface area contributed by atoms with Crippen LogP contribution in [0.4, 0.5) is 0 Å². The number of hydrogen-bond acceptors (Lipinski definition) is 3. The van der Waals surface area contributed by atoms with Crippen molar-refractivity contribution >= 4 is 5.91 Å². The number of hydrogen-bond donors (Lipinski definition) is 2. The number of aromatic amines is 1. The molecule has 0 saturated heterocycles. The zero-order valence-electron chi connectivity index (χ0n) is 8.99. The van der Waals surface area contributed by atoms with E-state index in [1.807, 2.05) is 0 Å². The third-order valence-corrected chi connectivity index (χ3v) is 2.31. The molecule has 2 N–H and O–H groups in total. The minimum atomic E-state index is -0.113. The first kappa shape index (κ1) is 10.5. The van der Waals surface area contributed by atoms with Crippen LogP contribution in [0.1, 0.15) is 21.9 Å². The number of aryl methyl sites for hydroxylation is 1. The first-order valence-corrected chi connectivity index (χ1v) is 5.08. The lowest BCUT2D eigenvalue weighted by Crippen LogP contribution is -2.26. The Morgan fingerprint density at radius 1 is 1.62 bits per heavy atom. The summed E-state index contributed by atoms with van der Waals surface area (Å²) in [7, 11) is 0. The quantitative estimate of drug-likeness (QED) is 0.813. The third kappa shape index (κ3) is 2.31. The smallest absolute Gasteiger partial charge is 0.254 e. The van der Waals surface area contributed by atoms with Crippen LogP contribution in [-0.2, 0) is 6.42 Å². The van der Waals surface area contributed by atoms with Crippen molar-refractivity contribution in [3.05, 3.63) is 41.9 Å². The van der Waals surface area contributed by atoms with Gasteiger partial charge in [-0.15, -0.1) is 0 Å². The summed E-state index contributed by atoms with van der Waals surface area (Å²) in [6.07, 6.45) is 5.65. The topological polar surface area (TPSA) is 70.9 Å². The van der Waals surface area contributed by atoms with Gasteiger partial charge < -0.3 is 14.7 Å². The highest BCUT2D eigenvalue weighted by Crippen LogP contribution is 2.07. The summed E-state index contributed by atoms with van der Waals surface area (Å²) in [6.45, 7) is 2.32. The van der Waals surface area contributed by atoms with E-state index in [0.717, 1.165) is 5.82 Å². The number of rotatable bonds is 4. The maximum absolute atomic E-state index is 11.7. The van der Waals surface area contributed by atoms with Gasteiger partial charge in [0.05, 0.1) is 11.8 Å². The van der Waals surface area contributed by atoms with Crippen molar-refractivity contribution in [3.63, 3.8) is 0 Å². The number of furan rings is 1. The van der Waals surface area contributed by atoms with Gasteiger partial charge in [-0.3, -0.25) is 4.79 Å². The Bertz CT molecular complexity index is 459. The number of amides is 1. The van der Waals surface area contributed by atoms with Gasteiger partial charge >= 0.3 is 0 Å². The molecule has 2 heterocycles. The third-order valence-electron chi connectivity index (χ3n) is 2.31. The van der Waals surface area contributed by atoms with Gasteiger partial charge in [-0.05, 0) is 13.0 Å². The number of carbonyl (C=O) groups excluding carboxylic acids is 1. The van der Waals surface area contributed by atoms with Gasteiger partial charge in [0, 0.05) is 25.4 Å². The summed E-state index contributed by atoms with van der Waals surface area (Å²) in [4.78, 5) is 18.7. The van der Waals surface area contributed by atoms with Crippen molar-refractivity contribution in [3.8, 4) is 0 Å². The molecular weight excluding hydrogens is 206 g/mol. The molecule has 16 heavy (non-hydrogen) atoms. The van der Waals surface area contributed by atoms with E-state index in [4.69, 9.17) is 4.42 Å². The van der Waals surface area contributed by atoms with Crippen LogP contribution in [0.3, 0.4) is 0 Å². The highest BCUT2D eigenvalue weighted by atomic mass is 16.3. The molecule has 0 atom stereocenters. The Kier molecular flexibility index (Phi) is 3.05. The summed E-state index contributed by atoms with van der Waals surface area (Å²) in [5.41, 5.74) is 0.583. The average Bonchev–Trinajstić information content (AvgIpc) is 2.88. The van der Waals surface area contributed by atoms with Gasteiger partial charge in [0.1, 0.15) is 11.6 Å². The van der Waals surface area contributed by atoms with Crippen molar-refractivity contribution in [2.45, 2.75) is 13.3 Å². The summed E-state index contributed by atoms with van der Waals surface area (Å²) in [5.74, 6) is 1.39. The number of imidazole rings is 1. The Labute approximate surface area is 92.9 Å². The molecule has 0 spiro atoms. The molecule has 0 unspecified atom stereocenters. The molecule has 0 aliphatic rings. The zero-order valence-corrected chi connectivity index (χ0v) is 8.99. The van der Waals surface area contributed by atoms with E-state index in [2.05, 4.69) is 15.3 Å². The van der Waals surface area contributed by atoms with E-state index >= 15 is 0 Å².